The van der Waals surface area contributed by atoms with E-state index in [9.17, 15) is 4.79 Å². The molecule has 1 N–H and O–H groups in total. The van der Waals surface area contributed by atoms with Gasteiger partial charge in [0.2, 0.25) is 5.91 Å². The molecule has 7 nitrogen and oxygen atoms in total. The first-order valence-corrected chi connectivity index (χ1v) is 15.4. The second-order valence-corrected chi connectivity index (χ2v) is 14.9. The van der Waals surface area contributed by atoms with E-state index in [1.165, 1.54) is 16.9 Å². The number of hydrogen-bond acceptors (Lipinski definition) is 6. The summed E-state index contributed by atoms with van der Waals surface area (Å²) < 4.78 is 7.58. The second-order valence-electron chi connectivity index (χ2n) is 9.01. The maximum atomic E-state index is 9.93. The first kappa shape index (κ1) is 26.8. The molecule has 0 unspecified atom stereocenters. The van der Waals surface area contributed by atoms with Crippen LogP contribution in [0.5, 0.6) is 5.75 Å². The first-order chi connectivity index (χ1) is 16.6. The summed E-state index contributed by atoms with van der Waals surface area (Å²) in [6, 6.07) is 14.8. The molecule has 9 heteroatoms. The Morgan fingerprint density at radius 2 is 1.86 bits per heavy atom. The molecule has 0 spiro atoms. The monoisotopic (exact) mass is 513 g/mol. The summed E-state index contributed by atoms with van der Waals surface area (Å²) >= 11 is 1.93. The van der Waals surface area contributed by atoms with Gasteiger partial charge in [-0.1, -0.05) is 12.1 Å². The van der Waals surface area contributed by atoms with Gasteiger partial charge in [0.1, 0.15) is 18.1 Å². The maximum absolute atomic E-state index is 9.93. The van der Waals surface area contributed by atoms with Crippen molar-refractivity contribution in [3.8, 4) is 11.4 Å². The van der Waals surface area contributed by atoms with Crippen molar-refractivity contribution in [3.63, 3.8) is 0 Å². The average Bonchev–Trinajstić information content (AvgIpc) is 3.09. The Morgan fingerprint density at radius 3 is 2.43 bits per heavy atom. The lowest BCUT2D eigenvalue weighted by atomic mass is 10.00. The lowest BCUT2D eigenvalue weighted by Crippen LogP contribution is -2.18. The number of nitrogens with zero attached hydrogens (tertiary/aromatic N) is 4. The summed E-state index contributed by atoms with van der Waals surface area (Å²) in [5.74, 6) is 2.56. The molecule has 1 aliphatic rings. The molecule has 35 heavy (non-hydrogen) atoms. The number of benzene rings is 2. The fraction of sp³-hybridized carbons (Fsp3) is 0.385. The molecule has 2 aromatic carbocycles. The summed E-state index contributed by atoms with van der Waals surface area (Å²) in [6.45, 7) is 6.59. The number of amides is 1. The van der Waals surface area contributed by atoms with E-state index in [2.05, 4.69) is 69.2 Å². The number of ether oxygens (including phenoxy) is 1. The van der Waals surface area contributed by atoms with Crippen molar-refractivity contribution >= 4 is 33.4 Å². The third kappa shape index (κ3) is 7.11. The van der Waals surface area contributed by atoms with Gasteiger partial charge in [0.05, 0.1) is 18.5 Å². The number of aliphatic imine (C=N–C) groups is 1. The van der Waals surface area contributed by atoms with Crippen LogP contribution in [0.15, 0.2) is 52.4 Å². The Kier molecular flexibility index (Phi) is 9.02. The first-order valence-electron chi connectivity index (χ1n) is 11.4. The molecule has 0 bridgehead atoms. The molecule has 0 saturated heterocycles. The highest BCUT2D eigenvalue weighted by atomic mass is 32.3. The number of hydrogen-bond donors (Lipinski definition) is 1. The van der Waals surface area contributed by atoms with Gasteiger partial charge in [0, 0.05) is 34.6 Å². The predicted octanol–water partition coefficient (Wildman–Crippen LogP) is 4.82. The number of nitrogens with one attached hydrogen (secondary N) is 1. The number of carbonyl (C=O) groups is 1. The van der Waals surface area contributed by atoms with Crippen molar-refractivity contribution < 1.29 is 9.53 Å². The van der Waals surface area contributed by atoms with Crippen molar-refractivity contribution in [1.29, 1.82) is 0 Å². The fourth-order valence-electron chi connectivity index (χ4n) is 3.53. The largest absolute Gasteiger partial charge is 0.497 e. The minimum absolute atomic E-state index is 0.0394. The van der Waals surface area contributed by atoms with E-state index in [0.29, 0.717) is 6.54 Å². The molecule has 1 aromatic heterocycles. The van der Waals surface area contributed by atoms with Crippen LogP contribution < -0.4 is 10.1 Å². The van der Waals surface area contributed by atoms with Gasteiger partial charge in [-0.05, 0) is 62.9 Å². The van der Waals surface area contributed by atoms with Crippen molar-refractivity contribution in [2.24, 2.45) is 4.99 Å². The van der Waals surface area contributed by atoms with Crippen LogP contribution in [0.4, 0.5) is 0 Å². The van der Waals surface area contributed by atoms with Crippen molar-refractivity contribution in [2.75, 3.05) is 37.5 Å². The molecular formula is C26H35N5O2S2. The zero-order valence-electron chi connectivity index (χ0n) is 21.6. The predicted molar refractivity (Wildman–Crippen MR) is 149 cm³/mol. The van der Waals surface area contributed by atoms with Gasteiger partial charge in [-0.15, -0.1) is 22.0 Å². The molecule has 1 aliphatic heterocycles. The molecule has 188 valence electrons. The Labute approximate surface area is 214 Å². The van der Waals surface area contributed by atoms with Crippen LogP contribution >= 0.6 is 21.8 Å². The zero-order valence-corrected chi connectivity index (χ0v) is 23.2. The van der Waals surface area contributed by atoms with Gasteiger partial charge in [-0.2, -0.15) is 0 Å². The number of thioether (sulfide) groups is 1. The Hall–Kier alpha value is -2.78. The molecule has 0 fully saturated rings. The van der Waals surface area contributed by atoms with Crippen LogP contribution in [-0.4, -0.2) is 63.9 Å². The van der Waals surface area contributed by atoms with E-state index in [1.807, 2.05) is 37.7 Å². The smallest absolute Gasteiger partial charge is 0.216 e. The molecule has 0 atom stereocenters. The number of methoxy groups -OCH3 is 1. The lowest BCUT2D eigenvalue weighted by molar-refractivity contribution is -0.118. The topological polar surface area (TPSA) is 81.4 Å². The van der Waals surface area contributed by atoms with Crippen LogP contribution in [0.25, 0.3) is 5.69 Å². The Bertz CT molecular complexity index is 1200. The van der Waals surface area contributed by atoms with Gasteiger partial charge in [0.25, 0.3) is 0 Å². The normalized spacial score (nSPS) is 12.8. The highest BCUT2D eigenvalue weighted by molar-refractivity contribution is 8.38. The van der Waals surface area contributed by atoms with E-state index in [-0.39, 0.29) is 5.91 Å². The lowest BCUT2D eigenvalue weighted by Gasteiger charge is -2.24. The van der Waals surface area contributed by atoms with Crippen LogP contribution in [0.1, 0.15) is 36.6 Å². The quantitative estimate of drug-likeness (QED) is 0.478. The number of aromatic nitrogens is 3. The van der Waals surface area contributed by atoms with Crippen LogP contribution in [-0.2, 0) is 11.3 Å². The van der Waals surface area contributed by atoms with Gasteiger partial charge < -0.3 is 10.1 Å². The van der Waals surface area contributed by atoms with E-state index in [1.54, 1.807) is 7.11 Å². The van der Waals surface area contributed by atoms with E-state index < -0.39 is 10.0 Å². The zero-order chi connectivity index (χ0) is 25.6. The number of carbonyl (C=O) groups excluding carboxylic acids is 1. The minimum Gasteiger partial charge on any atom is -0.497 e. The summed E-state index contributed by atoms with van der Waals surface area (Å²) in [5.41, 5.74) is 4.13. The van der Waals surface area contributed by atoms with Crippen LogP contribution in [0, 0.1) is 6.92 Å². The third-order valence-electron chi connectivity index (χ3n) is 5.10. The van der Waals surface area contributed by atoms with Gasteiger partial charge in [-0.25, -0.2) is 10.0 Å². The summed E-state index contributed by atoms with van der Waals surface area (Å²) in [6.07, 6.45) is 7.04. The highest BCUT2D eigenvalue weighted by Crippen LogP contribution is 2.41. The van der Waals surface area contributed by atoms with Gasteiger partial charge >= 0.3 is 0 Å². The molecule has 3 aromatic rings. The van der Waals surface area contributed by atoms with E-state index in [4.69, 9.17) is 9.73 Å². The maximum Gasteiger partial charge on any atom is 0.216 e. The molecule has 0 saturated carbocycles. The third-order valence-corrected chi connectivity index (χ3v) is 9.01. The van der Waals surface area contributed by atoms with Crippen LogP contribution in [0.3, 0.4) is 0 Å². The van der Waals surface area contributed by atoms with E-state index in [0.717, 1.165) is 46.5 Å². The van der Waals surface area contributed by atoms with Gasteiger partial charge in [0.15, 0.2) is 5.82 Å². The second kappa shape index (κ2) is 11.8. The number of aryl methyl sites for hydroxylation is 1. The van der Waals surface area contributed by atoms with E-state index >= 15 is 0 Å². The van der Waals surface area contributed by atoms with Crippen molar-refractivity contribution in [2.45, 2.75) is 32.2 Å². The molecule has 0 radical (unpaired) electrons. The molecule has 0 aliphatic carbocycles. The minimum atomic E-state index is -0.524. The molecule has 4 rings (SSSR count). The highest BCUT2D eigenvalue weighted by Gasteiger charge is 2.22. The Balaban J connectivity index is 0.000000509. The Morgan fingerprint density at radius 1 is 1.14 bits per heavy atom. The number of rotatable bonds is 6. The van der Waals surface area contributed by atoms with Crippen molar-refractivity contribution in [3.05, 3.63) is 65.2 Å². The SMILES string of the molecule is CCNC(C)=O.COc1ccc2c(c1)C(c1ccc(SCS(C)(C)C)cc1)=NCc1nnc(C)n1-2. The molecule has 1 amide bonds. The molecular weight excluding hydrogens is 478 g/mol. The average molecular weight is 514 g/mol. The summed E-state index contributed by atoms with van der Waals surface area (Å²) in [5, 5.41) is 12.3. The molecule has 2 heterocycles. The summed E-state index contributed by atoms with van der Waals surface area (Å²) in [7, 11) is 1.16. The van der Waals surface area contributed by atoms with Crippen LogP contribution in [0.2, 0.25) is 0 Å². The number of fused-ring (bicyclic) bond motifs is 3. The van der Waals surface area contributed by atoms with Crippen molar-refractivity contribution in [1.82, 2.24) is 20.1 Å². The fourth-order valence-corrected chi connectivity index (χ4v) is 5.82. The van der Waals surface area contributed by atoms with Gasteiger partial charge in [-0.3, -0.25) is 14.4 Å². The standard InChI is InChI=1S/C22H26N4OS2.C4H9NO/c1-15-24-25-21-13-23-22(19-12-17(27-2)8-11-20(19)26(15)21)16-6-9-18(10-7-16)28-14-29(3,4)5;1-3-5-4(2)6/h6-12H,13-14H2,1-5H3;3H2,1-2H3,(H,5,6). The summed E-state index contributed by atoms with van der Waals surface area (Å²) in [4.78, 5) is 16.1.